The van der Waals surface area contributed by atoms with Gasteiger partial charge in [0.25, 0.3) is 0 Å². The topological polar surface area (TPSA) is 54.7 Å². The summed E-state index contributed by atoms with van der Waals surface area (Å²) in [5.74, 6) is 0. The van der Waals surface area contributed by atoms with Gasteiger partial charge in [0.05, 0.1) is 5.52 Å². The molecule has 0 spiro atoms. The average Bonchev–Trinajstić information content (AvgIpc) is 2.31. The summed E-state index contributed by atoms with van der Waals surface area (Å²) < 4.78 is 0. The van der Waals surface area contributed by atoms with Crippen molar-refractivity contribution in [1.82, 2.24) is 10.2 Å². The van der Waals surface area contributed by atoms with Crippen LogP contribution in [0.15, 0.2) is 12.1 Å². The van der Waals surface area contributed by atoms with E-state index in [9.17, 15) is 0 Å². The quantitative estimate of drug-likeness (QED) is 0.636. The van der Waals surface area contributed by atoms with Gasteiger partial charge in [-0.05, 0) is 31.5 Å². The van der Waals surface area contributed by atoms with E-state index in [4.69, 9.17) is 5.73 Å². The van der Waals surface area contributed by atoms with Crippen molar-refractivity contribution in [2.24, 2.45) is 0 Å². The van der Waals surface area contributed by atoms with Gasteiger partial charge in [-0.25, -0.2) is 0 Å². The second kappa shape index (κ2) is 3.26. The lowest BCUT2D eigenvalue weighted by molar-refractivity contribution is 1.07. The number of aromatic amines is 1. The molecule has 0 aliphatic carbocycles. The molecule has 1 aromatic carbocycles. The largest absolute Gasteiger partial charge is 0.399 e. The first-order chi connectivity index (χ1) is 5.68. The van der Waals surface area contributed by atoms with E-state index >= 15 is 0 Å². The van der Waals surface area contributed by atoms with Gasteiger partial charge in [0.15, 0.2) is 0 Å². The van der Waals surface area contributed by atoms with Gasteiger partial charge in [-0.1, -0.05) is 0 Å². The van der Waals surface area contributed by atoms with Crippen LogP contribution in [0.1, 0.15) is 11.3 Å². The maximum absolute atomic E-state index is 5.68. The van der Waals surface area contributed by atoms with Crippen molar-refractivity contribution >= 4 is 29.0 Å². The Kier molecular flexibility index (Phi) is 2.48. The highest BCUT2D eigenvalue weighted by molar-refractivity contribution is 5.87. The van der Waals surface area contributed by atoms with Gasteiger partial charge in [-0.3, -0.25) is 5.10 Å². The Hall–Kier alpha value is -1.22. The number of hydrogen-bond donors (Lipinski definition) is 2. The fraction of sp³-hybridized carbons (Fsp3) is 0.222. The molecule has 3 nitrogen and oxygen atoms in total. The fourth-order valence-electron chi connectivity index (χ4n) is 1.57. The summed E-state index contributed by atoms with van der Waals surface area (Å²) in [4.78, 5) is 0. The van der Waals surface area contributed by atoms with Gasteiger partial charge in [-0.15, -0.1) is 12.4 Å². The molecule has 2 aromatic rings. The van der Waals surface area contributed by atoms with Crippen LogP contribution in [0.4, 0.5) is 5.69 Å². The van der Waals surface area contributed by atoms with Crippen molar-refractivity contribution in [2.45, 2.75) is 13.8 Å². The molecule has 0 bridgehead atoms. The Balaban J connectivity index is 0.000000845. The van der Waals surface area contributed by atoms with Gasteiger partial charge < -0.3 is 5.73 Å². The van der Waals surface area contributed by atoms with Crippen molar-refractivity contribution in [3.63, 3.8) is 0 Å². The zero-order valence-corrected chi connectivity index (χ0v) is 8.40. The van der Waals surface area contributed by atoms with Crippen molar-refractivity contribution in [3.8, 4) is 0 Å². The molecule has 0 unspecified atom stereocenters. The lowest BCUT2D eigenvalue weighted by atomic mass is 10.1. The molecule has 0 fully saturated rings. The standard InChI is InChI=1S/C9H11N3.ClH/c1-5-3-7(10)4-8-9(5)6(2)11-12-8;/h3-4H,10H2,1-2H3,(H,11,12);1H. The molecule has 4 heteroatoms. The normalized spacial score (nSPS) is 10.0. The molecule has 70 valence electrons. The molecular formula is C9H12ClN3. The molecular weight excluding hydrogens is 186 g/mol. The van der Waals surface area contributed by atoms with E-state index < -0.39 is 0 Å². The smallest absolute Gasteiger partial charge is 0.0946 e. The number of H-pyrrole nitrogens is 1. The van der Waals surface area contributed by atoms with Crippen LogP contribution >= 0.6 is 12.4 Å². The molecule has 0 saturated heterocycles. The van der Waals surface area contributed by atoms with Gasteiger partial charge in [0.1, 0.15) is 0 Å². The number of nitrogens with one attached hydrogen (secondary N) is 1. The van der Waals surface area contributed by atoms with Crippen molar-refractivity contribution in [1.29, 1.82) is 0 Å². The van der Waals surface area contributed by atoms with E-state index in [1.165, 1.54) is 10.9 Å². The van der Waals surface area contributed by atoms with E-state index in [0.29, 0.717) is 0 Å². The monoisotopic (exact) mass is 197 g/mol. The number of anilines is 1. The number of fused-ring (bicyclic) bond motifs is 1. The maximum Gasteiger partial charge on any atom is 0.0946 e. The van der Waals surface area contributed by atoms with Crippen LogP contribution in [0.25, 0.3) is 10.9 Å². The number of aryl methyl sites for hydroxylation is 2. The summed E-state index contributed by atoms with van der Waals surface area (Å²) in [5.41, 5.74) is 9.68. The maximum atomic E-state index is 5.68. The van der Waals surface area contributed by atoms with Crippen LogP contribution in [-0.2, 0) is 0 Å². The Labute approximate surface area is 82.7 Å². The lowest BCUT2D eigenvalue weighted by Gasteiger charge is -1.98. The minimum Gasteiger partial charge on any atom is -0.399 e. The van der Waals surface area contributed by atoms with Crippen LogP contribution in [0.2, 0.25) is 0 Å². The molecule has 0 radical (unpaired) electrons. The minimum absolute atomic E-state index is 0. The number of benzene rings is 1. The van der Waals surface area contributed by atoms with Crippen LogP contribution in [0.3, 0.4) is 0 Å². The van der Waals surface area contributed by atoms with E-state index in [-0.39, 0.29) is 12.4 Å². The number of nitrogens with two attached hydrogens (primary N) is 1. The molecule has 0 amide bonds. The number of nitrogen functional groups attached to an aromatic ring is 1. The van der Waals surface area contributed by atoms with Crippen molar-refractivity contribution < 1.29 is 0 Å². The van der Waals surface area contributed by atoms with Crippen molar-refractivity contribution in [2.75, 3.05) is 5.73 Å². The molecule has 0 aliphatic rings. The number of nitrogens with zero attached hydrogens (tertiary/aromatic N) is 1. The third-order valence-corrected chi connectivity index (χ3v) is 2.06. The predicted octanol–water partition coefficient (Wildman–Crippen LogP) is 2.18. The molecule has 0 saturated carbocycles. The van der Waals surface area contributed by atoms with Crippen LogP contribution in [0, 0.1) is 13.8 Å². The first-order valence-electron chi connectivity index (χ1n) is 3.89. The molecule has 1 aromatic heterocycles. The van der Waals surface area contributed by atoms with E-state index in [1.807, 2.05) is 26.0 Å². The molecule has 2 rings (SSSR count). The number of rotatable bonds is 0. The first-order valence-corrected chi connectivity index (χ1v) is 3.89. The highest BCUT2D eigenvalue weighted by Crippen LogP contribution is 2.22. The average molecular weight is 198 g/mol. The third kappa shape index (κ3) is 1.47. The van der Waals surface area contributed by atoms with Crippen LogP contribution in [0.5, 0.6) is 0 Å². The molecule has 0 atom stereocenters. The molecule has 1 heterocycles. The van der Waals surface area contributed by atoms with Crippen molar-refractivity contribution in [3.05, 3.63) is 23.4 Å². The Morgan fingerprint density at radius 2 is 2.00 bits per heavy atom. The lowest BCUT2D eigenvalue weighted by Crippen LogP contribution is -1.86. The predicted molar refractivity (Wildman–Crippen MR) is 57.2 cm³/mol. The summed E-state index contributed by atoms with van der Waals surface area (Å²) in [5, 5.41) is 8.26. The fourth-order valence-corrected chi connectivity index (χ4v) is 1.57. The summed E-state index contributed by atoms with van der Waals surface area (Å²) in [6.45, 7) is 4.06. The third-order valence-electron chi connectivity index (χ3n) is 2.06. The number of aromatic nitrogens is 2. The Bertz CT molecular complexity index is 434. The summed E-state index contributed by atoms with van der Waals surface area (Å²) >= 11 is 0. The second-order valence-electron chi connectivity index (χ2n) is 3.08. The zero-order valence-electron chi connectivity index (χ0n) is 7.59. The summed E-state index contributed by atoms with van der Waals surface area (Å²) in [6.07, 6.45) is 0. The number of halogens is 1. The van der Waals surface area contributed by atoms with Gasteiger partial charge in [0.2, 0.25) is 0 Å². The van der Waals surface area contributed by atoms with Gasteiger partial charge >= 0.3 is 0 Å². The zero-order chi connectivity index (χ0) is 8.72. The minimum atomic E-state index is 0. The Morgan fingerprint density at radius 3 is 2.69 bits per heavy atom. The second-order valence-corrected chi connectivity index (χ2v) is 3.08. The number of hydrogen-bond acceptors (Lipinski definition) is 2. The molecule has 0 aliphatic heterocycles. The molecule has 3 N–H and O–H groups in total. The Morgan fingerprint density at radius 1 is 1.31 bits per heavy atom. The highest BCUT2D eigenvalue weighted by atomic mass is 35.5. The van der Waals surface area contributed by atoms with Crippen LogP contribution in [-0.4, -0.2) is 10.2 Å². The van der Waals surface area contributed by atoms with E-state index in [2.05, 4.69) is 10.2 Å². The first kappa shape index (κ1) is 9.86. The van der Waals surface area contributed by atoms with Crippen LogP contribution < -0.4 is 5.73 Å². The van der Waals surface area contributed by atoms with E-state index in [0.717, 1.165) is 16.9 Å². The summed E-state index contributed by atoms with van der Waals surface area (Å²) in [7, 11) is 0. The van der Waals surface area contributed by atoms with E-state index in [1.54, 1.807) is 0 Å². The highest BCUT2D eigenvalue weighted by Gasteiger charge is 2.04. The van der Waals surface area contributed by atoms with Gasteiger partial charge in [0, 0.05) is 16.8 Å². The SMILES string of the molecule is Cc1cc(N)cc2n[nH]c(C)c12.Cl. The summed E-state index contributed by atoms with van der Waals surface area (Å²) in [6, 6.07) is 3.84. The molecule has 13 heavy (non-hydrogen) atoms. The van der Waals surface area contributed by atoms with Gasteiger partial charge in [-0.2, -0.15) is 5.10 Å².